The molecule has 1 heterocycles. The van der Waals surface area contributed by atoms with Gasteiger partial charge in [-0.05, 0) is 42.7 Å². The summed E-state index contributed by atoms with van der Waals surface area (Å²) in [6.45, 7) is 3.84. The van der Waals surface area contributed by atoms with Crippen molar-refractivity contribution < 1.29 is 4.79 Å². The predicted octanol–water partition coefficient (Wildman–Crippen LogP) is 5.17. The Balaban J connectivity index is 2.57. The summed E-state index contributed by atoms with van der Waals surface area (Å²) in [6.07, 6.45) is 1.49. The van der Waals surface area contributed by atoms with E-state index in [1.807, 2.05) is 50.2 Å². The maximum absolute atomic E-state index is 12.4. The maximum Gasteiger partial charge on any atom is 0.260 e. The average Bonchev–Trinajstić information content (AvgIpc) is 2.51. The van der Waals surface area contributed by atoms with Crippen molar-refractivity contribution in [3.63, 3.8) is 0 Å². The topological polar surface area (TPSA) is 46.5 Å². The molecule has 0 saturated heterocycles. The van der Waals surface area contributed by atoms with Gasteiger partial charge in [-0.2, -0.15) is 4.99 Å². The quantitative estimate of drug-likeness (QED) is 0.477. The van der Waals surface area contributed by atoms with Gasteiger partial charge in [-0.25, -0.2) is 4.79 Å². The van der Waals surface area contributed by atoms with Gasteiger partial charge in [0.15, 0.2) is 0 Å². The Morgan fingerprint density at radius 3 is 2.57 bits per heavy atom. The first kappa shape index (κ1) is 15.6. The third-order valence-corrected chi connectivity index (χ3v) is 5.08. The maximum atomic E-state index is 12.4. The van der Waals surface area contributed by atoms with Crippen LogP contribution in [0.25, 0.3) is 21.2 Å². The molecular formula is C18H12ClNO2S. The van der Waals surface area contributed by atoms with Crippen molar-refractivity contribution >= 4 is 44.8 Å². The Labute approximate surface area is 141 Å². The number of isocyanates is 1. The fourth-order valence-electron chi connectivity index (χ4n) is 2.59. The second kappa shape index (κ2) is 6.09. The van der Waals surface area contributed by atoms with E-state index in [1.165, 1.54) is 6.08 Å². The van der Waals surface area contributed by atoms with Gasteiger partial charge in [0.1, 0.15) is 5.69 Å². The molecule has 3 nitrogen and oxygen atoms in total. The summed E-state index contributed by atoms with van der Waals surface area (Å²) in [6, 6.07) is 11.4. The van der Waals surface area contributed by atoms with Crippen molar-refractivity contribution in [1.82, 2.24) is 0 Å². The molecule has 114 valence electrons. The molecule has 5 heteroatoms. The smallest absolute Gasteiger partial charge is 0.260 e. The van der Waals surface area contributed by atoms with Crippen LogP contribution in [0.15, 0.2) is 46.2 Å². The second-order valence-electron chi connectivity index (χ2n) is 5.23. The monoisotopic (exact) mass is 341 g/mol. The summed E-state index contributed by atoms with van der Waals surface area (Å²) in [5.41, 5.74) is 3.50. The summed E-state index contributed by atoms with van der Waals surface area (Å²) in [5.74, 6) is 0. The highest BCUT2D eigenvalue weighted by Crippen LogP contribution is 2.39. The molecule has 3 rings (SSSR count). The average molecular weight is 342 g/mol. The van der Waals surface area contributed by atoms with Crippen LogP contribution in [0, 0.1) is 13.8 Å². The van der Waals surface area contributed by atoms with Crippen molar-refractivity contribution in [2.75, 3.05) is 0 Å². The molecule has 0 atom stereocenters. The number of halogens is 1. The summed E-state index contributed by atoms with van der Waals surface area (Å²) in [4.78, 5) is 26.9. The van der Waals surface area contributed by atoms with Crippen LogP contribution in [0.5, 0.6) is 0 Å². The van der Waals surface area contributed by atoms with E-state index in [9.17, 15) is 9.59 Å². The molecule has 0 aliphatic rings. The lowest BCUT2D eigenvalue weighted by Gasteiger charge is -2.12. The number of aliphatic imine (C=N–C) groups is 1. The van der Waals surface area contributed by atoms with E-state index >= 15 is 0 Å². The van der Waals surface area contributed by atoms with E-state index in [2.05, 4.69) is 4.99 Å². The fraction of sp³-hybridized carbons (Fsp3) is 0.111. The predicted molar refractivity (Wildman–Crippen MR) is 95.8 cm³/mol. The number of nitrogens with zero attached hydrogens (tertiary/aromatic N) is 1. The van der Waals surface area contributed by atoms with Crippen molar-refractivity contribution in [1.29, 1.82) is 0 Å². The van der Waals surface area contributed by atoms with E-state index in [1.54, 1.807) is 0 Å². The van der Waals surface area contributed by atoms with E-state index in [0.29, 0.717) is 10.6 Å². The first-order chi connectivity index (χ1) is 11.0. The molecule has 0 amide bonds. The number of hydrogen-bond donors (Lipinski definition) is 0. The lowest BCUT2D eigenvalue weighted by molar-refractivity contribution is 0.565. The van der Waals surface area contributed by atoms with Crippen LogP contribution in [0.3, 0.4) is 0 Å². The highest BCUT2D eigenvalue weighted by molar-refractivity contribution is 7.16. The summed E-state index contributed by atoms with van der Waals surface area (Å²) < 4.78 is 0.556. The van der Waals surface area contributed by atoms with Crippen LogP contribution >= 0.6 is 22.9 Å². The largest absolute Gasteiger partial charge is 0.275 e. The minimum Gasteiger partial charge on any atom is -0.275 e. The van der Waals surface area contributed by atoms with Gasteiger partial charge in [0.25, 0.3) is 4.74 Å². The van der Waals surface area contributed by atoms with Gasteiger partial charge < -0.3 is 0 Å². The fourth-order valence-corrected chi connectivity index (χ4v) is 3.70. The van der Waals surface area contributed by atoms with Crippen LogP contribution in [-0.4, -0.2) is 6.08 Å². The normalized spacial score (nSPS) is 10.6. The molecule has 23 heavy (non-hydrogen) atoms. The van der Waals surface area contributed by atoms with Crippen LogP contribution in [0.2, 0.25) is 5.02 Å². The molecule has 0 radical (unpaired) electrons. The third-order valence-electron chi connectivity index (χ3n) is 3.73. The van der Waals surface area contributed by atoms with Gasteiger partial charge in [-0.15, -0.1) is 0 Å². The Bertz CT molecular complexity index is 1030. The standard InChI is InChI=1S/C18H12ClNO2S/c1-10-5-3-4-6-12(10)16-13-8-14(19)11(2)7-15(13)23-18(22)17(16)20-9-21/h3-8H,1-2H3. The highest BCUT2D eigenvalue weighted by atomic mass is 35.5. The number of fused-ring (bicyclic) bond motifs is 1. The second-order valence-corrected chi connectivity index (χ2v) is 6.65. The molecule has 0 unspecified atom stereocenters. The zero-order valence-corrected chi connectivity index (χ0v) is 14.1. The van der Waals surface area contributed by atoms with Gasteiger partial charge in [-0.1, -0.05) is 47.2 Å². The van der Waals surface area contributed by atoms with E-state index in [-0.39, 0.29) is 10.4 Å². The van der Waals surface area contributed by atoms with E-state index in [0.717, 1.165) is 38.1 Å². The molecule has 3 aromatic rings. The number of rotatable bonds is 2. The molecule has 0 aliphatic carbocycles. The minimum absolute atomic E-state index is 0.117. The molecule has 0 fully saturated rings. The molecule has 0 N–H and O–H groups in total. The third kappa shape index (κ3) is 2.73. The van der Waals surface area contributed by atoms with Crippen molar-refractivity contribution in [3.05, 3.63) is 62.1 Å². The Morgan fingerprint density at radius 1 is 1.13 bits per heavy atom. The van der Waals surface area contributed by atoms with Gasteiger partial charge in [0.2, 0.25) is 6.08 Å². The Morgan fingerprint density at radius 2 is 1.87 bits per heavy atom. The van der Waals surface area contributed by atoms with Gasteiger partial charge in [0, 0.05) is 20.7 Å². The Hall–Kier alpha value is -2.26. The van der Waals surface area contributed by atoms with Crippen LogP contribution in [-0.2, 0) is 4.79 Å². The van der Waals surface area contributed by atoms with Crippen molar-refractivity contribution in [2.45, 2.75) is 13.8 Å². The first-order valence-corrected chi connectivity index (χ1v) is 8.13. The van der Waals surface area contributed by atoms with E-state index in [4.69, 9.17) is 11.6 Å². The van der Waals surface area contributed by atoms with Crippen LogP contribution < -0.4 is 4.74 Å². The molecule has 0 aliphatic heterocycles. The first-order valence-electron chi connectivity index (χ1n) is 6.93. The van der Waals surface area contributed by atoms with E-state index < -0.39 is 0 Å². The number of aryl methyl sites for hydroxylation is 2. The zero-order chi connectivity index (χ0) is 16.6. The van der Waals surface area contributed by atoms with Crippen LogP contribution in [0.1, 0.15) is 11.1 Å². The molecule has 0 bridgehead atoms. The molecule has 1 aromatic heterocycles. The summed E-state index contributed by atoms with van der Waals surface area (Å²) in [7, 11) is 0. The van der Waals surface area contributed by atoms with Gasteiger partial charge in [0.05, 0.1) is 0 Å². The molecular weight excluding hydrogens is 330 g/mol. The number of hydrogen-bond acceptors (Lipinski definition) is 4. The minimum atomic E-state index is -0.263. The SMILES string of the molecule is Cc1cc2sc(=O)c(N=C=O)c(-c3ccccc3C)c2cc1Cl. The highest BCUT2D eigenvalue weighted by Gasteiger charge is 2.17. The number of benzene rings is 2. The zero-order valence-electron chi connectivity index (χ0n) is 12.5. The van der Waals surface area contributed by atoms with Crippen LogP contribution in [0.4, 0.5) is 5.69 Å². The van der Waals surface area contributed by atoms with Crippen molar-refractivity contribution in [3.8, 4) is 11.1 Å². The molecule has 2 aromatic carbocycles. The Kier molecular flexibility index (Phi) is 4.14. The lowest BCUT2D eigenvalue weighted by atomic mass is 9.97. The lowest BCUT2D eigenvalue weighted by Crippen LogP contribution is -1.99. The van der Waals surface area contributed by atoms with Gasteiger partial charge in [-0.3, -0.25) is 4.79 Å². The number of carbonyl (C=O) groups excluding carboxylic acids is 1. The summed E-state index contributed by atoms with van der Waals surface area (Å²) in [5, 5.41) is 1.42. The van der Waals surface area contributed by atoms with Crippen molar-refractivity contribution in [2.24, 2.45) is 4.99 Å². The summed E-state index contributed by atoms with van der Waals surface area (Å²) >= 11 is 7.33. The molecule has 0 saturated carbocycles. The molecule has 0 spiro atoms. The van der Waals surface area contributed by atoms with Gasteiger partial charge >= 0.3 is 0 Å².